The maximum Gasteiger partial charge on any atom is 0.241 e. The molecule has 8 heteroatoms. The molecule has 118 valence electrons. The Morgan fingerprint density at radius 1 is 1.38 bits per heavy atom. The maximum absolute atomic E-state index is 13.3. The third-order valence-electron chi connectivity index (χ3n) is 3.98. The van der Waals surface area contributed by atoms with Gasteiger partial charge >= 0.3 is 0 Å². The minimum Gasteiger partial charge on any atom is -0.396 e. The molecular formula is C13H18BrFN2O3S. The average molecular weight is 381 g/mol. The van der Waals surface area contributed by atoms with Gasteiger partial charge in [0.2, 0.25) is 10.0 Å². The second-order valence-electron chi connectivity index (χ2n) is 5.49. The number of benzene rings is 1. The summed E-state index contributed by atoms with van der Waals surface area (Å²) in [7, 11) is -3.82. The van der Waals surface area contributed by atoms with Crippen LogP contribution < -0.4 is 10.5 Å². The van der Waals surface area contributed by atoms with E-state index in [0.29, 0.717) is 0 Å². The lowest BCUT2D eigenvalue weighted by Crippen LogP contribution is -2.38. The van der Waals surface area contributed by atoms with Gasteiger partial charge in [-0.1, -0.05) is 12.8 Å². The van der Waals surface area contributed by atoms with Crippen LogP contribution in [0.1, 0.15) is 25.7 Å². The van der Waals surface area contributed by atoms with Gasteiger partial charge in [-0.15, -0.1) is 0 Å². The molecule has 0 radical (unpaired) electrons. The molecule has 0 saturated heterocycles. The van der Waals surface area contributed by atoms with Crippen molar-refractivity contribution in [3.8, 4) is 0 Å². The minimum atomic E-state index is -3.82. The number of anilines is 1. The van der Waals surface area contributed by atoms with E-state index in [0.717, 1.165) is 37.8 Å². The van der Waals surface area contributed by atoms with Crippen molar-refractivity contribution in [2.24, 2.45) is 5.41 Å². The summed E-state index contributed by atoms with van der Waals surface area (Å²) in [5.41, 5.74) is 4.81. The molecule has 4 N–H and O–H groups in total. The molecule has 1 fully saturated rings. The number of aliphatic hydroxyl groups is 1. The minimum absolute atomic E-state index is 0.0533. The van der Waals surface area contributed by atoms with Crippen LogP contribution in [0, 0.1) is 11.2 Å². The van der Waals surface area contributed by atoms with Crippen LogP contribution >= 0.6 is 15.9 Å². The summed E-state index contributed by atoms with van der Waals surface area (Å²) < 4.78 is 40.6. The van der Waals surface area contributed by atoms with Crippen molar-refractivity contribution in [1.82, 2.24) is 4.72 Å². The van der Waals surface area contributed by atoms with E-state index in [1.807, 2.05) is 0 Å². The summed E-state index contributed by atoms with van der Waals surface area (Å²) in [6, 6.07) is 2.11. The summed E-state index contributed by atoms with van der Waals surface area (Å²) in [5.74, 6) is -0.677. The van der Waals surface area contributed by atoms with Crippen molar-refractivity contribution in [2.75, 3.05) is 18.9 Å². The fraction of sp³-hybridized carbons (Fsp3) is 0.538. The molecule has 2 rings (SSSR count). The predicted octanol–water partition coefficient (Wildman–Crippen LogP) is 2.00. The Balaban J connectivity index is 2.21. The molecule has 1 aliphatic carbocycles. The SMILES string of the molecule is Nc1cc(S(=O)(=O)NCC2(CO)CCCC2)c(Br)cc1F. The number of rotatable bonds is 5. The molecule has 0 unspecified atom stereocenters. The predicted molar refractivity (Wildman–Crippen MR) is 81.7 cm³/mol. The number of nitrogens with one attached hydrogen (secondary N) is 1. The van der Waals surface area contributed by atoms with E-state index < -0.39 is 21.3 Å². The lowest BCUT2D eigenvalue weighted by Gasteiger charge is -2.26. The molecule has 0 bridgehead atoms. The second-order valence-corrected chi connectivity index (χ2v) is 8.08. The van der Waals surface area contributed by atoms with Gasteiger partial charge in [0.1, 0.15) is 5.82 Å². The van der Waals surface area contributed by atoms with Crippen LogP contribution in [-0.4, -0.2) is 26.7 Å². The van der Waals surface area contributed by atoms with Crippen LogP contribution in [0.2, 0.25) is 0 Å². The largest absolute Gasteiger partial charge is 0.396 e. The molecule has 0 amide bonds. The zero-order chi connectivity index (χ0) is 15.7. The molecule has 21 heavy (non-hydrogen) atoms. The molecule has 0 spiro atoms. The highest BCUT2D eigenvalue weighted by Crippen LogP contribution is 2.37. The van der Waals surface area contributed by atoms with Gasteiger partial charge in [-0.3, -0.25) is 0 Å². The van der Waals surface area contributed by atoms with Crippen molar-refractivity contribution in [2.45, 2.75) is 30.6 Å². The molecule has 5 nitrogen and oxygen atoms in total. The highest BCUT2D eigenvalue weighted by Gasteiger charge is 2.34. The van der Waals surface area contributed by atoms with E-state index in [1.54, 1.807) is 0 Å². The van der Waals surface area contributed by atoms with Gasteiger partial charge in [0.15, 0.2) is 0 Å². The van der Waals surface area contributed by atoms with Gasteiger partial charge in [-0.05, 0) is 40.9 Å². The molecular weight excluding hydrogens is 363 g/mol. The molecule has 0 atom stereocenters. The third kappa shape index (κ3) is 3.56. The van der Waals surface area contributed by atoms with E-state index in [-0.39, 0.29) is 28.2 Å². The number of halogens is 2. The van der Waals surface area contributed by atoms with E-state index in [9.17, 15) is 17.9 Å². The molecule has 0 heterocycles. The first-order valence-corrected chi connectivity index (χ1v) is 8.92. The zero-order valence-electron chi connectivity index (χ0n) is 11.4. The molecule has 1 aliphatic rings. The summed E-state index contributed by atoms with van der Waals surface area (Å²) >= 11 is 3.04. The van der Waals surface area contributed by atoms with Crippen molar-refractivity contribution in [3.05, 3.63) is 22.4 Å². The van der Waals surface area contributed by atoms with E-state index in [1.165, 1.54) is 0 Å². The molecule has 0 aliphatic heterocycles. The van der Waals surface area contributed by atoms with E-state index in [2.05, 4.69) is 20.7 Å². The van der Waals surface area contributed by atoms with Crippen LogP contribution in [-0.2, 0) is 10.0 Å². The summed E-state index contributed by atoms with van der Waals surface area (Å²) in [6.07, 6.45) is 3.54. The number of nitrogen functional groups attached to an aromatic ring is 1. The van der Waals surface area contributed by atoms with Crippen molar-refractivity contribution in [3.63, 3.8) is 0 Å². The van der Waals surface area contributed by atoms with Gasteiger partial charge in [0.05, 0.1) is 10.6 Å². The van der Waals surface area contributed by atoms with Gasteiger partial charge < -0.3 is 10.8 Å². The summed E-state index contributed by atoms with van der Waals surface area (Å²) in [4.78, 5) is -0.104. The average Bonchev–Trinajstić information content (AvgIpc) is 2.90. The van der Waals surface area contributed by atoms with Crippen molar-refractivity contribution < 1.29 is 17.9 Å². The van der Waals surface area contributed by atoms with E-state index in [4.69, 9.17) is 5.73 Å². The first kappa shape index (κ1) is 16.7. The van der Waals surface area contributed by atoms with E-state index >= 15 is 0 Å². The summed E-state index contributed by atoms with van der Waals surface area (Å²) in [6.45, 7) is 0.109. The monoisotopic (exact) mass is 380 g/mol. The van der Waals surface area contributed by atoms with Gasteiger partial charge in [0, 0.05) is 23.0 Å². The normalized spacial score (nSPS) is 18.0. The maximum atomic E-state index is 13.3. The number of sulfonamides is 1. The highest BCUT2D eigenvalue weighted by atomic mass is 79.9. The Bertz CT molecular complexity index is 631. The van der Waals surface area contributed by atoms with Crippen molar-refractivity contribution >= 4 is 31.6 Å². The first-order chi connectivity index (χ1) is 9.80. The zero-order valence-corrected chi connectivity index (χ0v) is 13.8. The molecule has 1 aromatic carbocycles. The number of aliphatic hydroxyl groups excluding tert-OH is 1. The van der Waals surface area contributed by atoms with Crippen LogP contribution in [0.25, 0.3) is 0 Å². The second kappa shape index (κ2) is 6.20. The van der Waals surface area contributed by atoms with Crippen molar-refractivity contribution in [1.29, 1.82) is 0 Å². The first-order valence-electron chi connectivity index (χ1n) is 6.65. The Morgan fingerprint density at radius 3 is 2.57 bits per heavy atom. The molecule has 1 saturated carbocycles. The van der Waals surface area contributed by atoms with Gasteiger partial charge in [-0.25, -0.2) is 17.5 Å². The third-order valence-corrected chi connectivity index (χ3v) is 6.34. The fourth-order valence-corrected chi connectivity index (χ4v) is 4.80. The number of hydrogen-bond donors (Lipinski definition) is 3. The van der Waals surface area contributed by atoms with Crippen LogP contribution in [0.5, 0.6) is 0 Å². The summed E-state index contributed by atoms with van der Waals surface area (Å²) in [5, 5.41) is 9.51. The van der Waals surface area contributed by atoms with Gasteiger partial charge in [-0.2, -0.15) is 0 Å². The van der Waals surface area contributed by atoms with Crippen LogP contribution in [0.3, 0.4) is 0 Å². The highest BCUT2D eigenvalue weighted by molar-refractivity contribution is 9.10. The Labute approximate surface area is 131 Å². The lowest BCUT2D eigenvalue weighted by atomic mass is 9.88. The Hall–Kier alpha value is -0.700. The fourth-order valence-electron chi connectivity index (χ4n) is 2.59. The van der Waals surface area contributed by atoms with Gasteiger partial charge in [0.25, 0.3) is 0 Å². The lowest BCUT2D eigenvalue weighted by molar-refractivity contribution is 0.134. The Kier molecular flexibility index (Phi) is 4.92. The quantitative estimate of drug-likeness (QED) is 0.681. The van der Waals surface area contributed by atoms with Crippen LogP contribution in [0.4, 0.5) is 10.1 Å². The topological polar surface area (TPSA) is 92.4 Å². The smallest absolute Gasteiger partial charge is 0.241 e. The molecule has 1 aromatic rings. The Morgan fingerprint density at radius 2 is 2.00 bits per heavy atom. The molecule has 0 aromatic heterocycles. The number of hydrogen-bond acceptors (Lipinski definition) is 4. The standard InChI is InChI=1S/C13H18BrFN2O3S/c14-9-5-10(15)11(16)6-12(9)21(19,20)17-7-13(8-18)3-1-2-4-13/h5-6,17-18H,1-4,7-8,16H2. The van der Waals surface area contributed by atoms with Crippen LogP contribution in [0.15, 0.2) is 21.5 Å². The number of nitrogens with two attached hydrogens (primary N) is 1.